The largest absolute Gasteiger partial charge is 0.462 e. The second-order valence-electron chi connectivity index (χ2n) is 6.61. The van der Waals surface area contributed by atoms with Gasteiger partial charge in [-0.15, -0.1) is 0 Å². The SMILES string of the molecule is CCOC(=O)c1cnc2c(-c3cccc(Cl)c3Cl)c(C)nn2c1N1CCOCC1. The van der Waals surface area contributed by atoms with Gasteiger partial charge in [0.1, 0.15) is 11.4 Å². The molecule has 0 N–H and O–H groups in total. The number of carbonyl (C=O) groups excluding carboxylic acids is 1. The number of carbonyl (C=O) groups is 1. The highest BCUT2D eigenvalue weighted by atomic mass is 35.5. The van der Waals surface area contributed by atoms with E-state index in [2.05, 4.69) is 9.88 Å². The average Bonchev–Trinajstić information content (AvgIpc) is 3.06. The van der Waals surface area contributed by atoms with E-state index < -0.39 is 5.97 Å². The number of aromatic nitrogens is 3. The van der Waals surface area contributed by atoms with Crippen LogP contribution in [0.3, 0.4) is 0 Å². The normalized spacial score (nSPS) is 14.4. The van der Waals surface area contributed by atoms with Crippen LogP contribution in [0, 0.1) is 6.92 Å². The minimum absolute atomic E-state index is 0.279. The number of aryl methyl sites for hydroxylation is 1. The first-order chi connectivity index (χ1) is 14.0. The van der Waals surface area contributed by atoms with Crippen LogP contribution in [0.25, 0.3) is 16.8 Å². The predicted octanol–water partition coefficient (Wildman–Crippen LogP) is 4.02. The minimum atomic E-state index is -0.432. The van der Waals surface area contributed by atoms with Crippen LogP contribution in [-0.2, 0) is 9.47 Å². The summed E-state index contributed by atoms with van der Waals surface area (Å²) in [6.07, 6.45) is 1.54. The lowest BCUT2D eigenvalue weighted by molar-refractivity contribution is 0.0525. The summed E-state index contributed by atoms with van der Waals surface area (Å²) in [6.45, 7) is 6.35. The van der Waals surface area contributed by atoms with Crippen molar-refractivity contribution in [2.45, 2.75) is 13.8 Å². The molecule has 0 atom stereocenters. The quantitative estimate of drug-likeness (QED) is 0.577. The highest BCUT2D eigenvalue weighted by Crippen LogP contribution is 2.38. The first kappa shape index (κ1) is 19.9. The molecule has 7 nitrogen and oxygen atoms in total. The summed E-state index contributed by atoms with van der Waals surface area (Å²) in [4.78, 5) is 19.2. The third kappa shape index (κ3) is 3.54. The molecule has 3 aromatic rings. The summed E-state index contributed by atoms with van der Waals surface area (Å²) in [5.74, 6) is 0.211. The first-order valence-corrected chi connectivity index (χ1v) is 10.1. The van der Waals surface area contributed by atoms with Gasteiger partial charge in [0, 0.05) is 24.8 Å². The van der Waals surface area contributed by atoms with Crippen LogP contribution in [0.15, 0.2) is 24.4 Å². The molecule has 0 bridgehead atoms. The number of esters is 1. The number of hydrogen-bond donors (Lipinski definition) is 0. The van der Waals surface area contributed by atoms with E-state index in [4.69, 9.17) is 37.8 Å². The zero-order valence-corrected chi connectivity index (χ0v) is 17.6. The second-order valence-corrected chi connectivity index (χ2v) is 7.40. The number of fused-ring (bicyclic) bond motifs is 1. The van der Waals surface area contributed by atoms with Crippen molar-refractivity contribution in [3.05, 3.63) is 45.7 Å². The van der Waals surface area contributed by atoms with Crippen molar-refractivity contribution in [1.29, 1.82) is 0 Å². The number of rotatable bonds is 4. The van der Waals surface area contributed by atoms with Gasteiger partial charge >= 0.3 is 5.97 Å². The Morgan fingerprint density at radius 2 is 2.03 bits per heavy atom. The number of benzene rings is 1. The Labute approximate surface area is 178 Å². The summed E-state index contributed by atoms with van der Waals surface area (Å²) >= 11 is 12.7. The van der Waals surface area contributed by atoms with Crippen molar-refractivity contribution in [3.63, 3.8) is 0 Å². The lowest BCUT2D eigenvalue weighted by Gasteiger charge is -2.30. The first-order valence-electron chi connectivity index (χ1n) is 9.35. The third-order valence-electron chi connectivity index (χ3n) is 4.82. The molecule has 1 aliphatic rings. The van der Waals surface area contributed by atoms with E-state index in [9.17, 15) is 4.79 Å². The molecular weight excluding hydrogens is 415 g/mol. The van der Waals surface area contributed by atoms with Crippen molar-refractivity contribution in [3.8, 4) is 11.1 Å². The van der Waals surface area contributed by atoms with Crippen molar-refractivity contribution in [2.24, 2.45) is 0 Å². The number of halogens is 2. The molecular formula is C20H20Cl2N4O3. The fourth-order valence-electron chi connectivity index (χ4n) is 3.52. The Morgan fingerprint density at radius 3 is 2.76 bits per heavy atom. The molecule has 1 fully saturated rings. The molecule has 1 aromatic carbocycles. The Bertz CT molecular complexity index is 1080. The fourth-order valence-corrected chi connectivity index (χ4v) is 3.92. The van der Waals surface area contributed by atoms with Crippen LogP contribution < -0.4 is 4.90 Å². The summed E-state index contributed by atoms with van der Waals surface area (Å²) in [5, 5.41) is 5.60. The summed E-state index contributed by atoms with van der Waals surface area (Å²) in [7, 11) is 0. The van der Waals surface area contributed by atoms with Gasteiger partial charge in [-0.25, -0.2) is 9.78 Å². The van der Waals surface area contributed by atoms with Crippen molar-refractivity contribution >= 4 is 40.6 Å². The van der Waals surface area contributed by atoms with Crippen molar-refractivity contribution in [1.82, 2.24) is 14.6 Å². The number of morpholine rings is 1. The van der Waals surface area contributed by atoms with Crippen molar-refractivity contribution in [2.75, 3.05) is 37.8 Å². The predicted molar refractivity (Wildman–Crippen MR) is 112 cm³/mol. The van der Waals surface area contributed by atoms with Crippen molar-refractivity contribution < 1.29 is 14.3 Å². The fraction of sp³-hybridized carbons (Fsp3) is 0.350. The molecule has 0 saturated carbocycles. The molecule has 1 aliphatic heterocycles. The second kappa shape index (κ2) is 8.18. The number of hydrogen-bond acceptors (Lipinski definition) is 6. The monoisotopic (exact) mass is 434 g/mol. The highest BCUT2D eigenvalue weighted by molar-refractivity contribution is 6.43. The minimum Gasteiger partial charge on any atom is -0.462 e. The smallest absolute Gasteiger partial charge is 0.343 e. The third-order valence-corrected chi connectivity index (χ3v) is 5.64. The highest BCUT2D eigenvalue weighted by Gasteiger charge is 2.27. The molecule has 0 radical (unpaired) electrons. The molecule has 0 unspecified atom stereocenters. The number of anilines is 1. The molecule has 0 spiro atoms. The van der Waals surface area contributed by atoms with E-state index in [0.29, 0.717) is 53.4 Å². The van der Waals surface area contributed by atoms with E-state index in [0.717, 1.165) is 16.8 Å². The maximum absolute atomic E-state index is 12.6. The standard InChI is InChI=1S/C20H20Cl2N4O3/c1-3-29-20(27)14-11-23-18-16(13-5-4-6-15(21)17(13)22)12(2)24-26(18)19(14)25-7-9-28-10-8-25/h4-6,11H,3,7-10H2,1-2H3. The van der Waals surface area contributed by atoms with Gasteiger partial charge in [-0.2, -0.15) is 9.61 Å². The molecule has 4 rings (SSSR count). The Balaban J connectivity index is 1.97. The number of nitrogens with zero attached hydrogens (tertiary/aromatic N) is 4. The average molecular weight is 435 g/mol. The van der Waals surface area contributed by atoms with Gasteiger partial charge in [0.15, 0.2) is 5.65 Å². The van der Waals surface area contributed by atoms with Gasteiger partial charge in [0.25, 0.3) is 0 Å². The maximum atomic E-state index is 12.6. The van der Waals surface area contributed by atoms with Gasteiger partial charge < -0.3 is 14.4 Å². The summed E-state index contributed by atoms with van der Waals surface area (Å²) in [5.41, 5.74) is 3.23. The van der Waals surface area contributed by atoms with Crippen LogP contribution in [0.5, 0.6) is 0 Å². The zero-order valence-electron chi connectivity index (χ0n) is 16.1. The van der Waals surface area contributed by atoms with E-state index >= 15 is 0 Å². The lowest BCUT2D eigenvalue weighted by Crippen LogP contribution is -2.38. The molecule has 9 heteroatoms. The van der Waals surface area contributed by atoms with Gasteiger partial charge in [0.2, 0.25) is 0 Å². The summed E-state index contributed by atoms with van der Waals surface area (Å²) in [6, 6.07) is 5.45. The zero-order chi connectivity index (χ0) is 20.5. The van der Waals surface area contributed by atoms with Crippen LogP contribution >= 0.6 is 23.2 Å². The molecule has 3 heterocycles. The van der Waals surface area contributed by atoms with Crippen LogP contribution in [-0.4, -0.2) is 53.5 Å². The van der Waals surface area contributed by atoms with Crippen LogP contribution in [0.2, 0.25) is 10.0 Å². The van der Waals surface area contributed by atoms with E-state index in [1.54, 1.807) is 23.7 Å². The summed E-state index contributed by atoms with van der Waals surface area (Å²) < 4.78 is 12.4. The van der Waals surface area contributed by atoms with Gasteiger partial charge in [0.05, 0.1) is 41.1 Å². The topological polar surface area (TPSA) is 69.0 Å². The van der Waals surface area contributed by atoms with Crippen LogP contribution in [0.1, 0.15) is 23.0 Å². The molecule has 1 saturated heterocycles. The van der Waals surface area contributed by atoms with Gasteiger partial charge in [-0.05, 0) is 19.9 Å². The Morgan fingerprint density at radius 1 is 1.28 bits per heavy atom. The number of ether oxygens (including phenoxy) is 2. The van der Waals surface area contributed by atoms with E-state index in [1.165, 1.54) is 0 Å². The van der Waals surface area contributed by atoms with Gasteiger partial charge in [-0.3, -0.25) is 0 Å². The van der Waals surface area contributed by atoms with E-state index in [1.807, 2.05) is 19.1 Å². The molecule has 152 valence electrons. The molecule has 0 amide bonds. The maximum Gasteiger partial charge on any atom is 0.343 e. The Hall–Kier alpha value is -2.35. The molecule has 2 aromatic heterocycles. The van der Waals surface area contributed by atoms with Crippen LogP contribution in [0.4, 0.5) is 5.82 Å². The molecule has 0 aliphatic carbocycles. The van der Waals surface area contributed by atoms with Gasteiger partial charge in [-0.1, -0.05) is 35.3 Å². The molecule has 29 heavy (non-hydrogen) atoms. The Kier molecular flexibility index (Phi) is 5.63. The van der Waals surface area contributed by atoms with E-state index in [-0.39, 0.29) is 6.61 Å². The lowest BCUT2D eigenvalue weighted by atomic mass is 10.1.